The molecule has 38 heavy (non-hydrogen) atoms. The van der Waals surface area contributed by atoms with Crippen LogP contribution < -0.4 is 0 Å². The summed E-state index contributed by atoms with van der Waals surface area (Å²) in [5.41, 5.74) is -1.99. The second-order valence-corrected chi connectivity index (χ2v) is 9.53. The van der Waals surface area contributed by atoms with E-state index in [2.05, 4.69) is 0 Å². The molecule has 1 heterocycles. The molecule has 0 saturated carbocycles. The lowest BCUT2D eigenvalue weighted by Gasteiger charge is -2.20. The Balaban J connectivity index is 1.68. The number of carbonyl (C=O) groups is 2. The van der Waals surface area contributed by atoms with Crippen molar-refractivity contribution in [1.82, 2.24) is 4.90 Å². The zero-order chi connectivity index (χ0) is 28.0. The van der Waals surface area contributed by atoms with E-state index in [9.17, 15) is 35.9 Å². The fourth-order valence-corrected chi connectivity index (χ4v) is 4.64. The van der Waals surface area contributed by atoms with E-state index in [1.807, 2.05) is 0 Å². The molecule has 0 aliphatic carbocycles. The van der Waals surface area contributed by atoms with Crippen LogP contribution in [0.4, 0.5) is 26.3 Å². The van der Waals surface area contributed by atoms with Gasteiger partial charge in [-0.05, 0) is 47.0 Å². The minimum Gasteiger partial charge on any atom is -0.270 e. The van der Waals surface area contributed by atoms with Gasteiger partial charge in [0.2, 0.25) is 0 Å². The average Bonchev–Trinajstić information content (AvgIpc) is 3.07. The molecule has 3 nitrogen and oxygen atoms in total. The molecule has 1 aliphatic rings. The predicted molar refractivity (Wildman–Crippen MR) is 131 cm³/mol. The number of alkyl halides is 6. The third kappa shape index (κ3) is 5.55. The maximum absolute atomic E-state index is 13.9. The molecule has 0 N–H and O–H groups in total. The summed E-state index contributed by atoms with van der Waals surface area (Å²) in [6.45, 7) is -0.669. The smallest absolute Gasteiger partial charge is 0.270 e. The highest BCUT2D eigenvalue weighted by molar-refractivity contribution is 6.48. The summed E-state index contributed by atoms with van der Waals surface area (Å²) in [7, 11) is 0. The maximum Gasteiger partial charge on any atom is 0.416 e. The van der Waals surface area contributed by atoms with E-state index < -0.39 is 47.8 Å². The second kappa shape index (κ2) is 10.3. The van der Waals surface area contributed by atoms with Crippen LogP contribution in [0.5, 0.6) is 0 Å². The van der Waals surface area contributed by atoms with Gasteiger partial charge in [0.25, 0.3) is 11.8 Å². The van der Waals surface area contributed by atoms with Gasteiger partial charge >= 0.3 is 12.4 Å². The van der Waals surface area contributed by atoms with Gasteiger partial charge in [0.15, 0.2) is 0 Å². The fraction of sp³-hybridized carbons (Fsp3) is 0.154. The molecule has 1 atom stereocenters. The first-order valence-corrected chi connectivity index (χ1v) is 11.9. The van der Waals surface area contributed by atoms with Gasteiger partial charge in [0.1, 0.15) is 0 Å². The molecule has 2 amide bonds. The molecule has 0 fully saturated rings. The molecule has 0 aromatic heterocycles. The highest BCUT2D eigenvalue weighted by Gasteiger charge is 2.40. The SMILES string of the molecule is O=C1c2ccccc2C(=O)N1Cc1ccc(C=C[C@H](c2cc(Cl)c(Cl)c(Cl)c2)C(F)(F)F)cc1C(F)(F)F. The summed E-state index contributed by atoms with van der Waals surface area (Å²) >= 11 is 17.5. The normalized spacial score (nSPS) is 14.9. The summed E-state index contributed by atoms with van der Waals surface area (Å²) in [5, 5.41) is -0.562. The van der Waals surface area contributed by atoms with Gasteiger partial charge in [-0.25, -0.2) is 0 Å². The standard InChI is InChI=1S/C26H14Cl3F6NO2/c27-20-10-15(11-21(28)22(20)29)18(25(30,31)32)8-6-13-5-7-14(19(9-13)26(33,34)35)12-36-23(37)16-3-1-2-4-17(16)24(36)38/h1-11,18H,12H2/t18-/m1/s1. The van der Waals surface area contributed by atoms with E-state index in [0.29, 0.717) is 17.0 Å². The first-order valence-electron chi connectivity index (χ1n) is 10.7. The Labute approximate surface area is 227 Å². The second-order valence-electron chi connectivity index (χ2n) is 8.33. The molecule has 0 saturated heterocycles. The predicted octanol–water partition coefficient (Wildman–Crippen LogP) is 8.82. The summed E-state index contributed by atoms with van der Waals surface area (Å²) in [5.74, 6) is -3.73. The number of rotatable bonds is 5. The Morgan fingerprint density at radius 2 is 1.37 bits per heavy atom. The number of hydrogen-bond acceptors (Lipinski definition) is 2. The van der Waals surface area contributed by atoms with Crippen LogP contribution in [0.3, 0.4) is 0 Å². The fourth-order valence-electron chi connectivity index (χ4n) is 4.02. The number of amides is 2. The van der Waals surface area contributed by atoms with Crippen LogP contribution in [0.15, 0.2) is 60.7 Å². The Kier molecular flexibility index (Phi) is 7.58. The van der Waals surface area contributed by atoms with E-state index in [1.54, 1.807) is 0 Å². The Morgan fingerprint density at radius 1 is 0.816 bits per heavy atom. The van der Waals surface area contributed by atoms with Crippen molar-refractivity contribution in [2.75, 3.05) is 0 Å². The van der Waals surface area contributed by atoms with Gasteiger partial charge in [-0.15, -0.1) is 0 Å². The van der Waals surface area contributed by atoms with Crippen LogP contribution in [0.1, 0.15) is 48.9 Å². The maximum atomic E-state index is 13.9. The van der Waals surface area contributed by atoms with Crippen molar-refractivity contribution in [2.45, 2.75) is 24.8 Å². The number of carbonyl (C=O) groups excluding carboxylic acids is 2. The van der Waals surface area contributed by atoms with Gasteiger partial charge in [-0.3, -0.25) is 14.5 Å². The van der Waals surface area contributed by atoms with E-state index >= 15 is 0 Å². The first-order chi connectivity index (χ1) is 17.7. The quantitative estimate of drug-likeness (QED) is 0.169. The van der Waals surface area contributed by atoms with Crippen LogP contribution in [0.25, 0.3) is 6.08 Å². The molecule has 3 aromatic carbocycles. The number of hydrogen-bond donors (Lipinski definition) is 0. The Hall–Kier alpha value is -3.01. The van der Waals surface area contributed by atoms with Crippen molar-refractivity contribution in [2.24, 2.45) is 0 Å². The van der Waals surface area contributed by atoms with Gasteiger partial charge < -0.3 is 0 Å². The van der Waals surface area contributed by atoms with Crippen molar-refractivity contribution >= 4 is 52.7 Å². The highest BCUT2D eigenvalue weighted by atomic mass is 35.5. The third-order valence-electron chi connectivity index (χ3n) is 5.85. The lowest BCUT2D eigenvalue weighted by molar-refractivity contribution is -0.140. The van der Waals surface area contributed by atoms with Gasteiger partial charge in [0, 0.05) is 0 Å². The molecule has 3 aromatic rings. The van der Waals surface area contributed by atoms with Crippen LogP contribution in [-0.2, 0) is 12.7 Å². The topological polar surface area (TPSA) is 37.4 Å². The monoisotopic (exact) mass is 591 g/mol. The van der Waals surface area contributed by atoms with Gasteiger partial charge in [-0.1, -0.05) is 71.2 Å². The minimum atomic E-state index is -4.92. The summed E-state index contributed by atoms with van der Waals surface area (Å²) < 4.78 is 83.1. The Morgan fingerprint density at radius 3 is 1.87 bits per heavy atom. The van der Waals surface area contributed by atoms with Crippen molar-refractivity contribution in [3.8, 4) is 0 Å². The lowest BCUT2D eigenvalue weighted by Crippen LogP contribution is -2.30. The number of fused-ring (bicyclic) bond motifs is 1. The molecule has 1 aliphatic heterocycles. The van der Waals surface area contributed by atoms with Crippen LogP contribution >= 0.6 is 34.8 Å². The number of imide groups is 1. The molecule has 0 spiro atoms. The molecular weight excluding hydrogens is 579 g/mol. The van der Waals surface area contributed by atoms with Crippen molar-refractivity contribution in [3.63, 3.8) is 0 Å². The summed E-state index contributed by atoms with van der Waals surface area (Å²) in [4.78, 5) is 25.9. The van der Waals surface area contributed by atoms with Crippen molar-refractivity contribution in [1.29, 1.82) is 0 Å². The molecule has 0 unspecified atom stereocenters. The number of benzene rings is 3. The summed E-state index contributed by atoms with van der Waals surface area (Å²) in [6.07, 6.45) is -8.18. The van der Waals surface area contributed by atoms with Crippen LogP contribution in [-0.4, -0.2) is 22.9 Å². The number of allylic oxidation sites excluding steroid dienone is 1. The molecule has 12 heteroatoms. The van der Waals surface area contributed by atoms with Gasteiger partial charge in [0.05, 0.1) is 44.2 Å². The average molecular weight is 593 g/mol. The van der Waals surface area contributed by atoms with Gasteiger partial charge in [-0.2, -0.15) is 26.3 Å². The molecule has 4 rings (SSSR count). The van der Waals surface area contributed by atoms with E-state index in [4.69, 9.17) is 34.8 Å². The van der Waals surface area contributed by atoms with Crippen LogP contribution in [0, 0.1) is 0 Å². The van der Waals surface area contributed by atoms with E-state index in [-0.39, 0.29) is 37.3 Å². The van der Waals surface area contributed by atoms with Crippen molar-refractivity contribution in [3.05, 3.63) is 109 Å². The van der Waals surface area contributed by atoms with Crippen molar-refractivity contribution < 1.29 is 35.9 Å². The number of nitrogens with zero attached hydrogens (tertiary/aromatic N) is 1. The molecule has 0 bridgehead atoms. The minimum absolute atomic E-state index is 0.0752. The first kappa shape index (κ1) is 28.0. The Bertz CT molecular complexity index is 1410. The molecule has 198 valence electrons. The highest BCUT2D eigenvalue weighted by Crippen LogP contribution is 2.41. The van der Waals surface area contributed by atoms with Crippen LogP contribution in [0.2, 0.25) is 15.1 Å². The largest absolute Gasteiger partial charge is 0.416 e. The van der Waals surface area contributed by atoms with E-state index in [1.165, 1.54) is 24.3 Å². The molecular formula is C26H14Cl3F6NO2. The molecule has 0 radical (unpaired) electrons. The zero-order valence-electron chi connectivity index (χ0n) is 18.8. The lowest BCUT2D eigenvalue weighted by atomic mass is 9.96. The zero-order valence-corrected chi connectivity index (χ0v) is 21.1. The summed E-state index contributed by atoms with van der Waals surface area (Å²) in [6, 6.07) is 10.6. The number of halogens is 9. The van der Waals surface area contributed by atoms with E-state index in [0.717, 1.165) is 30.3 Å². The third-order valence-corrected chi connectivity index (χ3v) is 7.04.